The highest BCUT2D eigenvalue weighted by Crippen LogP contribution is 2.25. The Morgan fingerprint density at radius 1 is 1.38 bits per heavy atom. The van der Waals surface area contributed by atoms with Crippen LogP contribution in [0.15, 0.2) is 28.4 Å². The molecule has 1 atom stereocenters. The van der Waals surface area contributed by atoms with Crippen LogP contribution in [0.5, 0.6) is 0 Å². The summed E-state index contributed by atoms with van der Waals surface area (Å²) in [5, 5.41) is 7.02. The number of nitrogens with zero attached hydrogens (tertiary/aromatic N) is 3. The standard InChI is InChI=1S/C15H18ClN3S2/c1-3-11(2)18(8-12-4-6-20-10-12)9-13-14(16)17-15-19(13)5-7-21-15/h4-7,10-11H,3,8-9H2,1-2H3. The summed E-state index contributed by atoms with van der Waals surface area (Å²) in [5.41, 5.74) is 2.45. The Morgan fingerprint density at radius 2 is 2.24 bits per heavy atom. The number of hydrogen-bond donors (Lipinski definition) is 0. The highest BCUT2D eigenvalue weighted by molar-refractivity contribution is 7.15. The van der Waals surface area contributed by atoms with Gasteiger partial charge in [0.15, 0.2) is 10.1 Å². The number of imidazole rings is 1. The number of thiazole rings is 1. The Kier molecular flexibility index (Phi) is 4.64. The second kappa shape index (κ2) is 6.48. The predicted octanol–water partition coefficient (Wildman–Crippen LogP) is 4.91. The number of fused-ring (bicyclic) bond motifs is 1. The highest BCUT2D eigenvalue weighted by atomic mass is 35.5. The minimum Gasteiger partial charge on any atom is -0.292 e. The molecule has 112 valence electrons. The van der Waals surface area contributed by atoms with E-state index >= 15 is 0 Å². The third kappa shape index (κ3) is 3.16. The van der Waals surface area contributed by atoms with Crippen molar-refractivity contribution in [2.75, 3.05) is 0 Å². The molecule has 0 bridgehead atoms. The minimum absolute atomic E-state index is 0.505. The molecule has 0 aromatic carbocycles. The molecule has 6 heteroatoms. The first-order valence-electron chi connectivity index (χ1n) is 7.04. The quantitative estimate of drug-likeness (QED) is 0.636. The van der Waals surface area contributed by atoms with E-state index in [2.05, 4.69) is 50.3 Å². The van der Waals surface area contributed by atoms with Crippen molar-refractivity contribution in [2.45, 2.75) is 39.4 Å². The average Bonchev–Trinajstić information content (AvgIpc) is 3.17. The highest BCUT2D eigenvalue weighted by Gasteiger charge is 2.19. The van der Waals surface area contributed by atoms with E-state index in [0.717, 1.165) is 30.2 Å². The van der Waals surface area contributed by atoms with Crippen LogP contribution in [-0.2, 0) is 13.1 Å². The Hall–Kier alpha value is -0.880. The van der Waals surface area contributed by atoms with Crippen molar-refractivity contribution in [3.05, 3.63) is 44.8 Å². The molecule has 3 heterocycles. The summed E-state index contributed by atoms with van der Waals surface area (Å²) in [5.74, 6) is 0. The Morgan fingerprint density at radius 3 is 2.95 bits per heavy atom. The van der Waals surface area contributed by atoms with E-state index in [4.69, 9.17) is 11.6 Å². The third-order valence-corrected chi connectivity index (χ3v) is 5.64. The maximum Gasteiger partial charge on any atom is 0.195 e. The molecule has 0 fully saturated rings. The molecule has 0 saturated carbocycles. The van der Waals surface area contributed by atoms with Gasteiger partial charge in [-0.15, -0.1) is 11.3 Å². The molecular formula is C15H18ClN3S2. The maximum atomic E-state index is 6.33. The second-order valence-corrected chi connectivity index (χ2v) is 7.21. The molecule has 0 N–H and O–H groups in total. The van der Waals surface area contributed by atoms with E-state index in [1.807, 2.05) is 6.20 Å². The monoisotopic (exact) mass is 339 g/mol. The number of aromatic nitrogens is 2. The van der Waals surface area contributed by atoms with Crippen LogP contribution >= 0.6 is 34.3 Å². The van der Waals surface area contributed by atoms with Gasteiger partial charge in [0.2, 0.25) is 0 Å². The normalized spacial score (nSPS) is 13.3. The smallest absolute Gasteiger partial charge is 0.195 e. The largest absolute Gasteiger partial charge is 0.292 e. The van der Waals surface area contributed by atoms with Gasteiger partial charge in [-0.25, -0.2) is 4.98 Å². The number of hydrogen-bond acceptors (Lipinski definition) is 4. The first-order valence-corrected chi connectivity index (χ1v) is 9.24. The van der Waals surface area contributed by atoms with E-state index in [-0.39, 0.29) is 0 Å². The summed E-state index contributed by atoms with van der Waals surface area (Å²) in [4.78, 5) is 7.87. The molecule has 0 radical (unpaired) electrons. The lowest BCUT2D eigenvalue weighted by Gasteiger charge is -2.28. The summed E-state index contributed by atoms with van der Waals surface area (Å²) in [6, 6.07) is 2.70. The van der Waals surface area contributed by atoms with E-state index < -0.39 is 0 Å². The van der Waals surface area contributed by atoms with Crippen molar-refractivity contribution < 1.29 is 0 Å². The first-order chi connectivity index (χ1) is 10.2. The summed E-state index contributed by atoms with van der Waals surface area (Å²) >= 11 is 9.70. The zero-order valence-corrected chi connectivity index (χ0v) is 14.5. The van der Waals surface area contributed by atoms with Crippen LogP contribution in [0.25, 0.3) is 4.96 Å². The van der Waals surface area contributed by atoms with Gasteiger partial charge in [0.25, 0.3) is 0 Å². The van der Waals surface area contributed by atoms with Gasteiger partial charge < -0.3 is 0 Å². The molecule has 0 spiro atoms. The van der Waals surface area contributed by atoms with Crippen LogP contribution in [0.2, 0.25) is 5.15 Å². The molecule has 0 amide bonds. The van der Waals surface area contributed by atoms with E-state index in [0.29, 0.717) is 11.2 Å². The van der Waals surface area contributed by atoms with Gasteiger partial charge in [-0.05, 0) is 35.7 Å². The SMILES string of the molecule is CCC(C)N(Cc1ccsc1)Cc1c(Cl)nc2sccn12. The lowest BCUT2D eigenvalue weighted by molar-refractivity contribution is 0.183. The number of thiophene rings is 1. The van der Waals surface area contributed by atoms with E-state index in [9.17, 15) is 0 Å². The molecule has 3 nitrogen and oxygen atoms in total. The van der Waals surface area contributed by atoms with Gasteiger partial charge in [-0.3, -0.25) is 9.30 Å². The molecule has 0 aliphatic rings. The fourth-order valence-corrected chi connectivity index (χ4v) is 4.06. The Bertz CT molecular complexity index is 702. The lowest BCUT2D eigenvalue weighted by atomic mass is 10.2. The van der Waals surface area contributed by atoms with Crippen LogP contribution in [-0.4, -0.2) is 20.3 Å². The van der Waals surface area contributed by atoms with Crippen molar-refractivity contribution in [1.29, 1.82) is 0 Å². The van der Waals surface area contributed by atoms with Crippen LogP contribution < -0.4 is 0 Å². The van der Waals surface area contributed by atoms with Gasteiger partial charge in [0.05, 0.1) is 5.69 Å². The topological polar surface area (TPSA) is 20.5 Å². The first kappa shape index (κ1) is 15.0. The van der Waals surface area contributed by atoms with Crippen LogP contribution in [0, 0.1) is 0 Å². The zero-order valence-electron chi connectivity index (χ0n) is 12.1. The average molecular weight is 340 g/mol. The molecule has 21 heavy (non-hydrogen) atoms. The van der Waals surface area contributed by atoms with Crippen LogP contribution in [0.3, 0.4) is 0 Å². The molecule has 0 aliphatic heterocycles. The third-order valence-electron chi connectivity index (χ3n) is 3.84. The number of rotatable bonds is 6. The van der Waals surface area contributed by atoms with Crippen LogP contribution in [0.1, 0.15) is 31.5 Å². The van der Waals surface area contributed by atoms with Crippen molar-refractivity contribution >= 4 is 39.2 Å². The van der Waals surface area contributed by atoms with Gasteiger partial charge >= 0.3 is 0 Å². The van der Waals surface area contributed by atoms with Crippen molar-refractivity contribution in [1.82, 2.24) is 14.3 Å². The van der Waals surface area contributed by atoms with Gasteiger partial charge in [-0.2, -0.15) is 11.3 Å². The van der Waals surface area contributed by atoms with Crippen molar-refractivity contribution in [3.63, 3.8) is 0 Å². The Balaban J connectivity index is 1.86. The van der Waals surface area contributed by atoms with Gasteiger partial charge in [-0.1, -0.05) is 18.5 Å². The van der Waals surface area contributed by atoms with Crippen molar-refractivity contribution in [3.8, 4) is 0 Å². The molecule has 3 aromatic heterocycles. The van der Waals surface area contributed by atoms with Gasteiger partial charge in [0, 0.05) is 30.7 Å². The molecular weight excluding hydrogens is 322 g/mol. The zero-order chi connectivity index (χ0) is 14.8. The Labute approximate surface area is 137 Å². The summed E-state index contributed by atoms with van der Waals surface area (Å²) in [7, 11) is 0. The predicted molar refractivity (Wildman–Crippen MR) is 91.4 cm³/mol. The maximum absolute atomic E-state index is 6.33. The summed E-state index contributed by atoms with van der Waals surface area (Å²) in [6.45, 7) is 6.27. The molecule has 1 unspecified atom stereocenters. The lowest BCUT2D eigenvalue weighted by Crippen LogP contribution is -2.32. The fourth-order valence-electron chi connectivity index (χ4n) is 2.38. The molecule has 0 aliphatic carbocycles. The minimum atomic E-state index is 0.505. The number of halogens is 1. The molecule has 3 aromatic rings. The summed E-state index contributed by atoms with van der Waals surface area (Å²) < 4.78 is 2.11. The second-order valence-electron chi connectivity index (χ2n) is 5.20. The van der Waals surface area contributed by atoms with E-state index in [1.54, 1.807) is 22.7 Å². The van der Waals surface area contributed by atoms with Crippen LogP contribution in [0.4, 0.5) is 0 Å². The van der Waals surface area contributed by atoms with E-state index in [1.165, 1.54) is 5.56 Å². The van der Waals surface area contributed by atoms with Gasteiger partial charge in [0.1, 0.15) is 0 Å². The molecule has 0 saturated heterocycles. The fraction of sp³-hybridized carbons (Fsp3) is 0.400. The summed E-state index contributed by atoms with van der Waals surface area (Å²) in [6.07, 6.45) is 3.17. The molecule has 3 rings (SSSR count). The van der Waals surface area contributed by atoms with Crippen molar-refractivity contribution in [2.24, 2.45) is 0 Å².